The van der Waals surface area contributed by atoms with E-state index in [9.17, 15) is 0 Å². The van der Waals surface area contributed by atoms with Gasteiger partial charge in [-0.1, -0.05) is 69.2 Å². The first-order chi connectivity index (χ1) is 14.7. The Morgan fingerprint density at radius 1 is 0.613 bits per heavy atom. The maximum absolute atomic E-state index is 3.60. The third kappa shape index (κ3) is 8.50. The predicted octanol–water partition coefficient (Wildman–Crippen LogP) is 9.51. The first-order valence-electron chi connectivity index (χ1n) is 11.0. The standard InChI is InChI=1S/C13H9.C9H7.2C4H9.Nb/c1-3-7-12-10(5-1)9-11-6-2-4-8-13(11)12;1-2-5-9-7-3-6-8(9)4-1;2*1-3-4-2;/h1-9H;1-7H;2*1,3-4H2,2H3;/q4*-1;. The second-order valence-electron chi connectivity index (χ2n) is 7.18. The Morgan fingerprint density at radius 3 is 1.48 bits per heavy atom. The van der Waals surface area contributed by atoms with Gasteiger partial charge in [-0.25, -0.2) is 0 Å². The largest absolute Gasteiger partial charge is 0.343 e. The maximum atomic E-state index is 3.60. The van der Waals surface area contributed by atoms with Crippen LogP contribution in [0.5, 0.6) is 0 Å². The van der Waals surface area contributed by atoms with Crippen molar-refractivity contribution >= 4 is 32.3 Å². The second-order valence-corrected chi connectivity index (χ2v) is 7.18. The number of hydrogen-bond donors (Lipinski definition) is 0. The molecule has 1 radical (unpaired) electrons. The number of hydrogen-bond acceptors (Lipinski definition) is 0. The van der Waals surface area contributed by atoms with E-state index in [4.69, 9.17) is 0 Å². The average Bonchev–Trinajstić information content (AvgIpc) is 3.44. The zero-order chi connectivity index (χ0) is 21.6. The molecule has 0 fully saturated rings. The molecule has 5 aromatic carbocycles. The van der Waals surface area contributed by atoms with Gasteiger partial charge in [0, 0.05) is 22.4 Å². The monoisotopic (exact) mass is 487 g/mol. The van der Waals surface area contributed by atoms with E-state index < -0.39 is 0 Å². The summed E-state index contributed by atoms with van der Waals surface area (Å²) in [6.07, 6.45) is 4.56. The van der Waals surface area contributed by atoms with Gasteiger partial charge in [-0.3, -0.25) is 0 Å². The third-order valence-corrected chi connectivity index (χ3v) is 4.78. The van der Waals surface area contributed by atoms with Crippen LogP contribution in [0.1, 0.15) is 39.5 Å². The van der Waals surface area contributed by atoms with Crippen LogP contribution < -0.4 is 0 Å². The van der Waals surface area contributed by atoms with Gasteiger partial charge >= 0.3 is 0 Å². The first-order valence-corrected chi connectivity index (χ1v) is 11.0. The number of benzene rings is 3. The molecule has 0 saturated heterocycles. The molecular formula is C30H34Nb-4. The van der Waals surface area contributed by atoms with Crippen LogP contribution in [0.25, 0.3) is 32.3 Å². The molecule has 0 bridgehead atoms. The van der Waals surface area contributed by atoms with Crippen LogP contribution >= 0.6 is 0 Å². The summed E-state index contributed by atoms with van der Waals surface area (Å²) in [7, 11) is 0. The van der Waals surface area contributed by atoms with Crippen LogP contribution in [0.4, 0.5) is 0 Å². The van der Waals surface area contributed by atoms with Crippen molar-refractivity contribution in [3.8, 4) is 0 Å². The van der Waals surface area contributed by atoms with Gasteiger partial charge in [-0.15, -0.1) is 69.4 Å². The van der Waals surface area contributed by atoms with Crippen molar-refractivity contribution in [2.45, 2.75) is 39.5 Å². The molecule has 0 aliphatic heterocycles. The van der Waals surface area contributed by atoms with Crippen LogP contribution in [0.15, 0.2) is 97.1 Å². The van der Waals surface area contributed by atoms with Gasteiger partial charge < -0.3 is 13.8 Å². The second kappa shape index (κ2) is 15.6. The molecule has 1 heteroatoms. The van der Waals surface area contributed by atoms with E-state index in [0.717, 1.165) is 12.8 Å². The zero-order valence-corrected chi connectivity index (χ0v) is 21.1. The Morgan fingerprint density at radius 2 is 1.03 bits per heavy atom. The van der Waals surface area contributed by atoms with Gasteiger partial charge in [0.15, 0.2) is 0 Å². The van der Waals surface area contributed by atoms with Gasteiger partial charge in [0.05, 0.1) is 0 Å². The number of fused-ring (bicyclic) bond motifs is 4. The fourth-order valence-electron chi connectivity index (χ4n) is 2.97. The summed E-state index contributed by atoms with van der Waals surface area (Å²) in [4.78, 5) is 0. The molecule has 0 atom stereocenters. The topological polar surface area (TPSA) is 0 Å². The summed E-state index contributed by atoms with van der Waals surface area (Å²) in [5.41, 5.74) is 0. The average molecular weight is 488 g/mol. The minimum atomic E-state index is 0. The Balaban J connectivity index is 0.000000234. The van der Waals surface area contributed by atoms with E-state index in [1.807, 2.05) is 0 Å². The molecule has 0 aliphatic rings. The van der Waals surface area contributed by atoms with E-state index in [-0.39, 0.29) is 22.4 Å². The molecule has 0 N–H and O–H groups in total. The molecule has 5 aromatic rings. The van der Waals surface area contributed by atoms with Gasteiger partial charge in [0.2, 0.25) is 0 Å². The smallest absolute Gasteiger partial charge is 0 e. The molecule has 0 amide bonds. The Kier molecular flexibility index (Phi) is 13.6. The summed E-state index contributed by atoms with van der Waals surface area (Å²) >= 11 is 0. The SMILES string of the molecule is [CH2-]CCC.[CH2-]CCC.[Nb].c1ccc2[cH-]ccc2c1.c1ccc2c(c1)[cH-]c1ccccc12. The molecule has 0 spiro atoms. The molecule has 163 valence electrons. The van der Waals surface area contributed by atoms with Gasteiger partial charge in [0.1, 0.15) is 0 Å². The normalized spacial score (nSPS) is 9.55. The molecule has 31 heavy (non-hydrogen) atoms. The summed E-state index contributed by atoms with van der Waals surface area (Å²) in [5.74, 6) is 0. The van der Waals surface area contributed by atoms with Crippen molar-refractivity contribution < 1.29 is 22.4 Å². The van der Waals surface area contributed by atoms with Crippen molar-refractivity contribution in [2.75, 3.05) is 0 Å². The van der Waals surface area contributed by atoms with Crippen molar-refractivity contribution in [1.82, 2.24) is 0 Å². The Hall–Kier alpha value is -2.12. The fourth-order valence-corrected chi connectivity index (χ4v) is 2.97. The quantitative estimate of drug-likeness (QED) is 0.172. The maximum Gasteiger partial charge on any atom is 0 e. The summed E-state index contributed by atoms with van der Waals surface area (Å²) in [6.45, 7) is 11.4. The number of rotatable bonds is 2. The predicted molar refractivity (Wildman–Crippen MR) is 137 cm³/mol. The summed E-state index contributed by atoms with van der Waals surface area (Å²) in [5, 5.41) is 8.05. The van der Waals surface area contributed by atoms with Gasteiger partial charge in [-0.05, 0) is 0 Å². The summed E-state index contributed by atoms with van der Waals surface area (Å²) < 4.78 is 0. The van der Waals surface area contributed by atoms with Crippen molar-refractivity contribution in [3.63, 3.8) is 0 Å². The van der Waals surface area contributed by atoms with E-state index in [1.54, 1.807) is 0 Å². The van der Waals surface area contributed by atoms with Gasteiger partial charge in [0.25, 0.3) is 0 Å². The minimum absolute atomic E-state index is 0. The molecular weight excluding hydrogens is 453 g/mol. The fraction of sp³-hybridized carbons (Fsp3) is 0.200. The van der Waals surface area contributed by atoms with E-state index in [1.165, 1.54) is 45.2 Å². The first kappa shape index (κ1) is 26.9. The van der Waals surface area contributed by atoms with Crippen LogP contribution in [-0.4, -0.2) is 0 Å². The molecule has 0 unspecified atom stereocenters. The van der Waals surface area contributed by atoms with Crippen LogP contribution in [-0.2, 0) is 22.4 Å². The van der Waals surface area contributed by atoms with Crippen LogP contribution in [0, 0.1) is 13.8 Å². The number of unbranched alkanes of at least 4 members (excludes halogenated alkanes) is 2. The van der Waals surface area contributed by atoms with Crippen LogP contribution in [0.2, 0.25) is 0 Å². The third-order valence-electron chi connectivity index (χ3n) is 4.78. The van der Waals surface area contributed by atoms with E-state index >= 15 is 0 Å². The van der Waals surface area contributed by atoms with Gasteiger partial charge in [-0.2, -0.15) is 30.4 Å². The van der Waals surface area contributed by atoms with Crippen LogP contribution in [0.3, 0.4) is 0 Å². The Bertz CT molecular complexity index is 1010. The molecule has 5 rings (SSSR count). The zero-order valence-electron chi connectivity index (χ0n) is 18.9. The van der Waals surface area contributed by atoms with E-state index in [0.29, 0.717) is 0 Å². The van der Waals surface area contributed by atoms with Crippen molar-refractivity contribution in [2.24, 2.45) is 0 Å². The molecule has 0 aliphatic carbocycles. The van der Waals surface area contributed by atoms with Crippen molar-refractivity contribution in [3.05, 3.63) is 111 Å². The Labute approximate surface area is 204 Å². The van der Waals surface area contributed by atoms with E-state index in [2.05, 4.69) is 125 Å². The molecule has 0 heterocycles. The molecule has 0 aromatic heterocycles. The minimum Gasteiger partial charge on any atom is -0.343 e. The molecule has 0 nitrogen and oxygen atoms in total. The summed E-state index contributed by atoms with van der Waals surface area (Å²) in [6, 6.07) is 33.9. The molecule has 0 saturated carbocycles. The van der Waals surface area contributed by atoms with Crippen molar-refractivity contribution in [1.29, 1.82) is 0 Å².